The third-order valence-electron chi connectivity index (χ3n) is 5.91. The summed E-state index contributed by atoms with van der Waals surface area (Å²) in [5.74, 6) is 1.29. The number of halogens is 1. The van der Waals surface area contributed by atoms with E-state index in [1.54, 1.807) is 36.3 Å². The van der Waals surface area contributed by atoms with Crippen molar-refractivity contribution in [2.24, 2.45) is 0 Å². The third-order valence-corrected chi connectivity index (χ3v) is 6.21. The number of amides is 2. The number of nitrogens with one attached hydrogen (secondary N) is 1. The number of ether oxygens (including phenoxy) is 3. The van der Waals surface area contributed by atoms with Gasteiger partial charge in [-0.2, -0.15) is 0 Å². The van der Waals surface area contributed by atoms with Gasteiger partial charge in [0.25, 0.3) is 5.91 Å². The fraction of sp³-hybridized carbons (Fsp3) is 0.259. The van der Waals surface area contributed by atoms with Crippen molar-refractivity contribution in [3.05, 3.63) is 82.4 Å². The maximum Gasteiger partial charge on any atom is 0.255 e. The molecule has 0 aromatic heterocycles. The highest BCUT2D eigenvalue weighted by molar-refractivity contribution is 6.32. The predicted octanol–water partition coefficient (Wildman–Crippen LogP) is 5.48. The lowest BCUT2D eigenvalue weighted by atomic mass is 10.0. The first-order chi connectivity index (χ1) is 16.9. The normalized spacial score (nSPS) is 13.3. The molecule has 0 saturated heterocycles. The lowest BCUT2D eigenvalue weighted by Gasteiger charge is -2.28. The maximum absolute atomic E-state index is 13.3. The van der Waals surface area contributed by atoms with Crippen LogP contribution < -0.4 is 19.5 Å². The summed E-state index contributed by atoms with van der Waals surface area (Å²) in [6, 6.07) is 17.5. The number of carbonyl (C=O) groups excluding carboxylic acids is 2. The molecule has 3 aromatic rings. The largest absolute Gasteiger partial charge is 0.495 e. The summed E-state index contributed by atoms with van der Waals surface area (Å²) in [5, 5.41) is 3.27. The van der Waals surface area contributed by atoms with E-state index >= 15 is 0 Å². The van der Waals surface area contributed by atoms with E-state index in [2.05, 4.69) is 5.32 Å². The van der Waals surface area contributed by atoms with Crippen LogP contribution in [0.15, 0.2) is 60.7 Å². The number of carbonyl (C=O) groups is 2. The first-order valence-corrected chi connectivity index (χ1v) is 11.7. The van der Waals surface area contributed by atoms with Crippen molar-refractivity contribution in [1.29, 1.82) is 0 Å². The lowest BCUT2D eigenvalue weighted by molar-refractivity contribution is -0.117. The van der Waals surface area contributed by atoms with Crippen LogP contribution in [-0.2, 0) is 11.3 Å². The molecule has 7 nitrogen and oxygen atoms in total. The van der Waals surface area contributed by atoms with Gasteiger partial charge >= 0.3 is 0 Å². The molecule has 1 heterocycles. The quantitative estimate of drug-likeness (QED) is 0.426. The first-order valence-electron chi connectivity index (χ1n) is 11.3. The summed E-state index contributed by atoms with van der Waals surface area (Å²) in [6.07, 6.45) is 0.0422. The molecule has 0 aliphatic carbocycles. The highest BCUT2D eigenvalue weighted by Gasteiger charge is 2.35. The van der Waals surface area contributed by atoms with Gasteiger partial charge < -0.3 is 24.4 Å². The van der Waals surface area contributed by atoms with Crippen molar-refractivity contribution in [1.82, 2.24) is 4.90 Å². The Labute approximate surface area is 209 Å². The lowest BCUT2D eigenvalue weighted by Crippen LogP contribution is -2.32. The van der Waals surface area contributed by atoms with Gasteiger partial charge in [0.2, 0.25) is 5.91 Å². The Morgan fingerprint density at radius 3 is 2.46 bits per heavy atom. The molecule has 0 spiro atoms. The summed E-state index contributed by atoms with van der Waals surface area (Å²) < 4.78 is 16.3. The Hall–Kier alpha value is -3.71. The van der Waals surface area contributed by atoms with E-state index in [0.29, 0.717) is 46.7 Å². The molecule has 0 bridgehead atoms. The number of rotatable bonds is 9. The Kier molecular flexibility index (Phi) is 7.46. The van der Waals surface area contributed by atoms with E-state index < -0.39 is 6.04 Å². The second-order valence-corrected chi connectivity index (χ2v) is 8.46. The van der Waals surface area contributed by atoms with E-state index in [4.69, 9.17) is 25.8 Å². The van der Waals surface area contributed by atoms with Gasteiger partial charge in [0.15, 0.2) is 11.5 Å². The smallest absolute Gasteiger partial charge is 0.255 e. The van der Waals surface area contributed by atoms with Gasteiger partial charge in [-0.05, 0) is 54.4 Å². The zero-order chi connectivity index (χ0) is 24.9. The van der Waals surface area contributed by atoms with Gasteiger partial charge in [0.1, 0.15) is 5.75 Å². The molecule has 0 fully saturated rings. The number of benzene rings is 3. The van der Waals surface area contributed by atoms with Gasteiger partial charge in [0, 0.05) is 17.8 Å². The number of hydrogen-bond acceptors (Lipinski definition) is 5. The second-order valence-electron chi connectivity index (χ2n) is 8.05. The summed E-state index contributed by atoms with van der Waals surface area (Å²) in [7, 11) is 3.09. The fourth-order valence-electron chi connectivity index (χ4n) is 4.23. The van der Waals surface area contributed by atoms with Crippen LogP contribution in [0.25, 0.3) is 0 Å². The van der Waals surface area contributed by atoms with Crippen molar-refractivity contribution in [3.63, 3.8) is 0 Å². The standard InChI is InChI=1S/C27H27ClN2O5/c1-4-35-24-11-9-17(13-25(24)34-3)22(30-16-18-7-5-6-8-20(18)27(30)32)15-26(31)29-19-10-12-23(33-2)21(28)14-19/h5-14,22H,4,15-16H2,1-3H3,(H,29,31)/t22-/m0/s1. The summed E-state index contributed by atoms with van der Waals surface area (Å²) in [5.41, 5.74) is 2.90. The molecule has 8 heteroatoms. The fourth-order valence-corrected chi connectivity index (χ4v) is 4.49. The molecule has 182 valence electrons. The molecule has 1 aliphatic heterocycles. The van der Waals surface area contributed by atoms with Crippen LogP contribution >= 0.6 is 11.6 Å². The van der Waals surface area contributed by atoms with Crippen molar-refractivity contribution in [3.8, 4) is 17.2 Å². The van der Waals surface area contributed by atoms with E-state index in [0.717, 1.165) is 11.1 Å². The van der Waals surface area contributed by atoms with Gasteiger partial charge in [-0.15, -0.1) is 0 Å². The number of hydrogen-bond donors (Lipinski definition) is 1. The average Bonchev–Trinajstić information content (AvgIpc) is 3.19. The number of methoxy groups -OCH3 is 2. The van der Waals surface area contributed by atoms with Crippen LogP contribution in [0.1, 0.15) is 40.9 Å². The van der Waals surface area contributed by atoms with Crippen molar-refractivity contribution in [2.75, 3.05) is 26.1 Å². The molecule has 1 atom stereocenters. The highest BCUT2D eigenvalue weighted by Crippen LogP contribution is 2.38. The van der Waals surface area contributed by atoms with Crippen molar-refractivity contribution >= 4 is 29.1 Å². The van der Waals surface area contributed by atoms with Gasteiger partial charge in [-0.1, -0.05) is 35.9 Å². The van der Waals surface area contributed by atoms with Crippen molar-refractivity contribution < 1.29 is 23.8 Å². The van der Waals surface area contributed by atoms with E-state index in [9.17, 15) is 9.59 Å². The first kappa shape index (κ1) is 24.4. The van der Waals surface area contributed by atoms with Gasteiger partial charge in [0.05, 0.1) is 38.3 Å². The van der Waals surface area contributed by atoms with Crippen LogP contribution in [0, 0.1) is 0 Å². The molecule has 4 rings (SSSR count). The second kappa shape index (κ2) is 10.7. The summed E-state index contributed by atoms with van der Waals surface area (Å²) in [6.45, 7) is 2.80. The number of nitrogens with zero attached hydrogens (tertiary/aromatic N) is 1. The Morgan fingerprint density at radius 2 is 1.77 bits per heavy atom. The highest BCUT2D eigenvalue weighted by atomic mass is 35.5. The van der Waals surface area contributed by atoms with Crippen LogP contribution in [0.4, 0.5) is 5.69 Å². The average molecular weight is 495 g/mol. The molecule has 2 amide bonds. The van der Waals surface area contributed by atoms with Crippen molar-refractivity contribution in [2.45, 2.75) is 25.9 Å². The topological polar surface area (TPSA) is 77.1 Å². The molecular weight excluding hydrogens is 468 g/mol. The Balaban J connectivity index is 1.64. The molecule has 3 aromatic carbocycles. The maximum atomic E-state index is 13.3. The van der Waals surface area contributed by atoms with Gasteiger partial charge in [-0.3, -0.25) is 9.59 Å². The molecule has 0 radical (unpaired) electrons. The Morgan fingerprint density at radius 1 is 1.03 bits per heavy atom. The minimum Gasteiger partial charge on any atom is -0.495 e. The molecule has 0 unspecified atom stereocenters. The number of anilines is 1. The number of fused-ring (bicyclic) bond motifs is 1. The van der Waals surface area contributed by atoms with Crippen LogP contribution in [-0.4, -0.2) is 37.5 Å². The molecule has 1 aliphatic rings. The SMILES string of the molecule is CCOc1ccc([C@H](CC(=O)Nc2ccc(OC)c(Cl)c2)N2Cc3ccccc3C2=O)cc1OC. The van der Waals surface area contributed by atoms with Crippen LogP contribution in [0.3, 0.4) is 0 Å². The zero-order valence-corrected chi connectivity index (χ0v) is 20.6. The minimum absolute atomic E-state index is 0.0422. The summed E-state index contributed by atoms with van der Waals surface area (Å²) >= 11 is 6.21. The third kappa shape index (κ3) is 5.20. The Bertz CT molecular complexity index is 1250. The van der Waals surface area contributed by atoms with Crippen LogP contribution in [0.5, 0.6) is 17.2 Å². The minimum atomic E-state index is -0.520. The molecule has 1 N–H and O–H groups in total. The monoisotopic (exact) mass is 494 g/mol. The zero-order valence-electron chi connectivity index (χ0n) is 19.8. The van der Waals surface area contributed by atoms with E-state index in [1.165, 1.54) is 7.11 Å². The summed E-state index contributed by atoms with van der Waals surface area (Å²) in [4.78, 5) is 28.2. The molecule has 35 heavy (non-hydrogen) atoms. The van der Waals surface area contributed by atoms with Gasteiger partial charge in [-0.25, -0.2) is 0 Å². The predicted molar refractivity (Wildman–Crippen MR) is 134 cm³/mol. The van der Waals surface area contributed by atoms with E-state index in [-0.39, 0.29) is 18.2 Å². The van der Waals surface area contributed by atoms with E-state index in [1.807, 2.05) is 43.3 Å². The molecule has 0 saturated carbocycles. The molecular formula is C27H27ClN2O5. The van der Waals surface area contributed by atoms with Crippen LogP contribution in [0.2, 0.25) is 5.02 Å².